The van der Waals surface area contributed by atoms with E-state index in [9.17, 15) is 9.59 Å². The Hall–Kier alpha value is -2.57. The van der Waals surface area contributed by atoms with Gasteiger partial charge in [0.25, 0.3) is 5.91 Å². The molecule has 0 aromatic carbocycles. The third kappa shape index (κ3) is 5.71. The van der Waals surface area contributed by atoms with Gasteiger partial charge in [0.05, 0.1) is 5.52 Å². The van der Waals surface area contributed by atoms with Gasteiger partial charge in [-0.2, -0.15) is 0 Å². The van der Waals surface area contributed by atoms with Gasteiger partial charge in [-0.3, -0.25) is 4.79 Å². The molecule has 0 aliphatic rings. The number of ether oxygens (including phenoxy) is 1. The second kappa shape index (κ2) is 8.63. The summed E-state index contributed by atoms with van der Waals surface area (Å²) in [5.41, 5.74) is 0.666. The molecule has 28 heavy (non-hydrogen) atoms. The van der Waals surface area contributed by atoms with Crippen LogP contribution in [0.25, 0.3) is 5.52 Å². The van der Waals surface area contributed by atoms with Crippen LogP contribution in [0.3, 0.4) is 0 Å². The monoisotopic (exact) mass is 388 g/mol. The van der Waals surface area contributed by atoms with Crippen molar-refractivity contribution < 1.29 is 14.3 Å². The number of fused-ring (bicyclic) bond motifs is 1. The molecule has 0 aliphatic carbocycles. The largest absolute Gasteiger partial charge is 0.444 e. The molecule has 0 saturated carbocycles. The Morgan fingerprint density at radius 1 is 1.25 bits per heavy atom. The normalized spacial score (nSPS) is 12.9. The average Bonchev–Trinajstić information content (AvgIpc) is 2.90. The Morgan fingerprint density at radius 3 is 2.54 bits per heavy atom. The van der Waals surface area contributed by atoms with Gasteiger partial charge in [0.2, 0.25) is 0 Å². The molecule has 2 heterocycles. The van der Waals surface area contributed by atoms with Crippen LogP contribution in [0.4, 0.5) is 4.79 Å². The number of carbonyl (C=O) groups excluding carboxylic acids is 2. The fourth-order valence-electron chi connectivity index (χ4n) is 3.00. The van der Waals surface area contributed by atoms with Gasteiger partial charge in [0, 0.05) is 32.3 Å². The molecule has 7 nitrogen and oxygen atoms in total. The van der Waals surface area contributed by atoms with E-state index in [4.69, 9.17) is 4.74 Å². The number of rotatable bonds is 6. The Kier molecular flexibility index (Phi) is 6.69. The summed E-state index contributed by atoms with van der Waals surface area (Å²) >= 11 is 0. The third-order valence-electron chi connectivity index (χ3n) is 4.07. The highest BCUT2D eigenvalue weighted by Gasteiger charge is 2.23. The minimum absolute atomic E-state index is 0.170. The molecule has 0 saturated heterocycles. The fraction of sp³-hybridized carbons (Fsp3) is 0.571. The molecule has 0 spiro atoms. The Morgan fingerprint density at radius 2 is 1.93 bits per heavy atom. The highest BCUT2D eigenvalue weighted by molar-refractivity contribution is 5.99. The molecule has 0 bridgehead atoms. The number of hydrogen-bond donors (Lipinski definition) is 1. The van der Waals surface area contributed by atoms with E-state index in [-0.39, 0.29) is 11.9 Å². The van der Waals surface area contributed by atoms with E-state index < -0.39 is 11.7 Å². The zero-order valence-corrected chi connectivity index (χ0v) is 17.9. The zero-order chi connectivity index (χ0) is 21.1. The first-order valence-corrected chi connectivity index (χ1v) is 9.69. The quantitative estimate of drug-likeness (QED) is 0.821. The number of likely N-dealkylation sites (N-methyl/N-ethyl adjacent to an activating group) is 1. The molecule has 2 rings (SSSR count). The number of aromatic nitrogens is 2. The average molecular weight is 389 g/mol. The van der Waals surface area contributed by atoms with Crippen molar-refractivity contribution in [1.82, 2.24) is 19.6 Å². The van der Waals surface area contributed by atoms with Gasteiger partial charge in [0.1, 0.15) is 11.4 Å². The fourth-order valence-corrected chi connectivity index (χ4v) is 3.00. The van der Waals surface area contributed by atoms with Gasteiger partial charge in [-0.1, -0.05) is 19.9 Å². The summed E-state index contributed by atoms with van der Waals surface area (Å²) in [6.07, 6.45) is 2.23. The van der Waals surface area contributed by atoms with E-state index in [1.54, 1.807) is 11.9 Å². The maximum atomic E-state index is 13.0. The summed E-state index contributed by atoms with van der Waals surface area (Å²) in [6.45, 7) is 11.9. The number of hydrogen-bond acceptors (Lipinski definition) is 4. The molecule has 0 radical (unpaired) electrons. The minimum Gasteiger partial charge on any atom is -0.444 e. The molecular formula is C21H32N4O3. The summed E-state index contributed by atoms with van der Waals surface area (Å²) < 4.78 is 7.24. The van der Waals surface area contributed by atoms with Crippen molar-refractivity contribution >= 4 is 17.5 Å². The van der Waals surface area contributed by atoms with Crippen LogP contribution in [-0.4, -0.2) is 51.5 Å². The van der Waals surface area contributed by atoms with Crippen LogP contribution in [0, 0.1) is 5.92 Å². The van der Waals surface area contributed by atoms with E-state index in [2.05, 4.69) is 24.1 Å². The zero-order valence-electron chi connectivity index (χ0n) is 17.9. The summed E-state index contributed by atoms with van der Waals surface area (Å²) in [7, 11) is 1.71. The molecule has 0 aliphatic heterocycles. The van der Waals surface area contributed by atoms with Gasteiger partial charge in [-0.25, -0.2) is 9.78 Å². The van der Waals surface area contributed by atoms with E-state index in [1.165, 1.54) is 0 Å². The molecule has 1 N–H and O–H groups in total. The van der Waals surface area contributed by atoms with Crippen LogP contribution < -0.4 is 5.32 Å². The van der Waals surface area contributed by atoms with Crippen LogP contribution in [-0.2, 0) is 11.2 Å². The molecule has 1 unspecified atom stereocenters. The number of imidazole rings is 1. The number of pyridine rings is 1. The van der Waals surface area contributed by atoms with Crippen LogP contribution >= 0.6 is 0 Å². The van der Waals surface area contributed by atoms with Crippen molar-refractivity contribution in [2.45, 2.75) is 59.6 Å². The number of nitrogens with one attached hydrogen (secondary N) is 1. The van der Waals surface area contributed by atoms with Crippen molar-refractivity contribution in [3.63, 3.8) is 0 Å². The lowest BCUT2D eigenvalue weighted by Crippen LogP contribution is -2.44. The number of amides is 2. The summed E-state index contributed by atoms with van der Waals surface area (Å²) in [6, 6.07) is 5.48. The lowest BCUT2D eigenvalue weighted by Gasteiger charge is -2.24. The molecule has 0 fully saturated rings. The van der Waals surface area contributed by atoms with Crippen molar-refractivity contribution in [3.8, 4) is 0 Å². The van der Waals surface area contributed by atoms with Gasteiger partial charge < -0.3 is 19.4 Å². The Bertz CT molecular complexity index is 836. The molecule has 2 aromatic rings. The lowest BCUT2D eigenvalue weighted by molar-refractivity contribution is 0.0491. The number of nitrogens with zero attached hydrogens (tertiary/aromatic N) is 3. The predicted molar refractivity (Wildman–Crippen MR) is 110 cm³/mol. The number of alkyl carbamates (subject to hydrolysis) is 1. The maximum absolute atomic E-state index is 13.0. The third-order valence-corrected chi connectivity index (χ3v) is 4.07. The second-order valence-electron chi connectivity index (χ2n) is 8.66. The molecule has 154 valence electrons. The van der Waals surface area contributed by atoms with Crippen molar-refractivity contribution in [2.75, 3.05) is 13.6 Å². The van der Waals surface area contributed by atoms with Crippen LogP contribution in [0.1, 0.15) is 57.9 Å². The SMILES string of the molecule is CC(C)Cc1nc(C(=O)N(C)CC(C)NC(=O)OC(C)(C)C)c2ccccn12. The maximum Gasteiger partial charge on any atom is 0.407 e. The summed E-state index contributed by atoms with van der Waals surface area (Å²) in [5, 5.41) is 2.76. The lowest BCUT2D eigenvalue weighted by atomic mass is 10.1. The molecule has 7 heteroatoms. The van der Waals surface area contributed by atoms with Gasteiger partial charge in [-0.15, -0.1) is 0 Å². The first kappa shape index (κ1) is 21.7. The highest BCUT2D eigenvalue weighted by atomic mass is 16.6. The summed E-state index contributed by atoms with van der Waals surface area (Å²) in [5.74, 6) is 1.14. The molecular weight excluding hydrogens is 356 g/mol. The van der Waals surface area contributed by atoms with Crippen LogP contribution in [0.2, 0.25) is 0 Å². The van der Waals surface area contributed by atoms with Crippen molar-refractivity contribution in [2.24, 2.45) is 5.92 Å². The van der Waals surface area contributed by atoms with Gasteiger partial charge in [-0.05, 0) is 45.7 Å². The number of carbonyl (C=O) groups is 2. The predicted octanol–water partition coefficient (Wildman–Crippen LogP) is 3.52. The summed E-state index contributed by atoms with van der Waals surface area (Å²) in [4.78, 5) is 31.1. The highest BCUT2D eigenvalue weighted by Crippen LogP contribution is 2.17. The first-order chi connectivity index (χ1) is 13.0. The van der Waals surface area contributed by atoms with E-state index in [1.807, 2.05) is 56.5 Å². The topological polar surface area (TPSA) is 75.9 Å². The molecule has 2 aromatic heterocycles. The smallest absolute Gasteiger partial charge is 0.407 e. The van der Waals surface area contributed by atoms with Crippen molar-refractivity contribution in [3.05, 3.63) is 35.9 Å². The second-order valence-corrected chi connectivity index (χ2v) is 8.66. The van der Waals surface area contributed by atoms with Crippen LogP contribution in [0.15, 0.2) is 24.4 Å². The van der Waals surface area contributed by atoms with Gasteiger partial charge >= 0.3 is 6.09 Å². The van der Waals surface area contributed by atoms with Gasteiger partial charge in [0.15, 0.2) is 5.69 Å². The van der Waals surface area contributed by atoms with E-state index in [0.717, 1.165) is 17.8 Å². The van der Waals surface area contributed by atoms with Crippen LogP contribution in [0.5, 0.6) is 0 Å². The van der Waals surface area contributed by atoms with E-state index >= 15 is 0 Å². The Balaban J connectivity index is 2.12. The van der Waals surface area contributed by atoms with Crippen molar-refractivity contribution in [1.29, 1.82) is 0 Å². The Labute approximate surface area is 167 Å². The minimum atomic E-state index is -0.562. The van der Waals surface area contributed by atoms with E-state index in [0.29, 0.717) is 18.2 Å². The first-order valence-electron chi connectivity index (χ1n) is 9.69. The molecule has 2 amide bonds. The standard InChI is InChI=1S/C21H32N4O3/c1-14(2)12-17-23-18(16-10-8-9-11-25(16)17)19(26)24(7)13-15(3)22-20(27)28-21(4,5)6/h8-11,14-15H,12-13H2,1-7H3,(H,22,27). The molecule has 1 atom stereocenters.